The largest absolute Gasteiger partial charge is 0.488 e. The highest BCUT2D eigenvalue weighted by molar-refractivity contribution is 6.34. The van der Waals surface area contributed by atoms with Crippen molar-refractivity contribution < 1.29 is 14.2 Å². The normalized spacial score (nSPS) is 11.0. The van der Waals surface area contributed by atoms with Gasteiger partial charge in [-0.25, -0.2) is 4.63 Å². The van der Waals surface area contributed by atoms with E-state index in [1.807, 2.05) is 72.8 Å². The fraction of sp³-hybridized carbons (Fsp3) is 0.107. The molecule has 0 bridgehead atoms. The van der Waals surface area contributed by atoms with E-state index in [1.54, 1.807) is 6.07 Å². The van der Waals surface area contributed by atoms with Gasteiger partial charge in [0.1, 0.15) is 23.4 Å². The van der Waals surface area contributed by atoms with E-state index in [1.165, 1.54) is 0 Å². The molecular weight excluding hydrogens is 483 g/mol. The predicted octanol–water partition coefficient (Wildman–Crippen LogP) is 7.37. The molecule has 0 radical (unpaired) electrons. The molecule has 7 heteroatoms. The quantitative estimate of drug-likeness (QED) is 0.207. The highest BCUT2D eigenvalue weighted by atomic mass is 35.5. The number of aromatic nitrogens is 2. The smallest absolute Gasteiger partial charge is 0.153 e. The van der Waals surface area contributed by atoms with Crippen LogP contribution < -0.4 is 4.74 Å². The first kappa shape index (κ1) is 23.1. The molecule has 0 N–H and O–H groups in total. The first-order chi connectivity index (χ1) is 17.1. The van der Waals surface area contributed by atoms with Crippen LogP contribution in [-0.4, -0.2) is 16.6 Å². The molecule has 0 saturated heterocycles. The van der Waals surface area contributed by atoms with Crippen molar-refractivity contribution in [1.29, 1.82) is 0 Å². The van der Waals surface area contributed by atoms with Crippen LogP contribution in [0.2, 0.25) is 10.0 Å². The van der Waals surface area contributed by atoms with Crippen molar-refractivity contribution in [2.75, 3.05) is 0 Å². The minimum atomic E-state index is 0.260. The van der Waals surface area contributed by atoms with E-state index in [0.717, 1.165) is 39.1 Å². The Balaban J connectivity index is 1.35. The number of carbonyl (C=O) groups is 1. The van der Waals surface area contributed by atoms with Crippen LogP contribution in [0.25, 0.3) is 22.2 Å². The molecule has 0 amide bonds. The molecule has 0 saturated carbocycles. The summed E-state index contributed by atoms with van der Waals surface area (Å²) in [6, 6.07) is 25.1. The van der Waals surface area contributed by atoms with Gasteiger partial charge in [-0.05, 0) is 69.7 Å². The number of nitrogens with zero attached hydrogens (tertiary/aromatic N) is 2. The molecular formula is C28H20Cl2N2O3. The average molecular weight is 503 g/mol. The second-order valence-electron chi connectivity index (χ2n) is 8.12. The van der Waals surface area contributed by atoms with Gasteiger partial charge in [-0.1, -0.05) is 77.8 Å². The Bertz CT molecular complexity index is 1500. The first-order valence-corrected chi connectivity index (χ1v) is 11.8. The highest BCUT2D eigenvalue weighted by Crippen LogP contribution is 2.33. The van der Waals surface area contributed by atoms with Crippen molar-refractivity contribution in [3.63, 3.8) is 0 Å². The second-order valence-corrected chi connectivity index (χ2v) is 8.91. The van der Waals surface area contributed by atoms with E-state index < -0.39 is 0 Å². The van der Waals surface area contributed by atoms with Crippen LogP contribution in [0, 0.1) is 0 Å². The number of aldehydes is 1. The van der Waals surface area contributed by atoms with Gasteiger partial charge in [0.25, 0.3) is 0 Å². The highest BCUT2D eigenvalue weighted by Gasteiger charge is 2.13. The van der Waals surface area contributed by atoms with Gasteiger partial charge in [0, 0.05) is 10.6 Å². The average Bonchev–Trinajstić information content (AvgIpc) is 3.36. The van der Waals surface area contributed by atoms with Crippen LogP contribution in [-0.2, 0) is 19.4 Å². The number of aryl methyl sites for hydroxylation is 2. The van der Waals surface area contributed by atoms with Crippen LogP contribution in [0.1, 0.15) is 27.0 Å². The number of carbonyl (C=O) groups excluding carboxylic acids is 1. The van der Waals surface area contributed by atoms with Crippen molar-refractivity contribution in [1.82, 2.24) is 10.3 Å². The van der Waals surface area contributed by atoms with Crippen molar-refractivity contribution in [3.05, 3.63) is 111 Å². The fourth-order valence-corrected chi connectivity index (χ4v) is 4.58. The van der Waals surface area contributed by atoms with Crippen LogP contribution >= 0.6 is 23.2 Å². The standard InChI is InChI=1S/C28H20Cl2N2O3/c29-24-14-22(16-33)27(34-17-18-9-12-25-26(13-18)32-35-31-25)15-21(24)11-10-20-7-4-8-23(28(20)30)19-5-2-1-3-6-19/h1-9,12-16H,10-11,17H2. The van der Waals surface area contributed by atoms with E-state index in [0.29, 0.717) is 40.2 Å². The molecule has 4 aromatic carbocycles. The summed E-state index contributed by atoms with van der Waals surface area (Å²) in [7, 11) is 0. The third-order valence-electron chi connectivity index (χ3n) is 5.85. The molecule has 1 heterocycles. The maximum Gasteiger partial charge on any atom is 0.153 e. The van der Waals surface area contributed by atoms with E-state index >= 15 is 0 Å². The Hall–Kier alpha value is -3.67. The van der Waals surface area contributed by atoms with E-state index in [-0.39, 0.29) is 6.61 Å². The summed E-state index contributed by atoms with van der Waals surface area (Å²) >= 11 is 13.3. The molecule has 0 unspecified atom stereocenters. The van der Waals surface area contributed by atoms with Crippen LogP contribution in [0.5, 0.6) is 5.75 Å². The molecule has 0 fully saturated rings. The van der Waals surface area contributed by atoms with Gasteiger partial charge in [-0.2, -0.15) is 0 Å². The molecule has 0 aliphatic heterocycles. The summed E-state index contributed by atoms with van der Waals surface area (Å²) in [4.78, 5) is 11.7. The summed E-state index contributed by atoms with van der Waals surface area (Å²) in [6.45, 7) is 0.260. The summed E-state index contributed by atoms with van der Waals surface area (Å²) in [5.41, 5.74) is 6.57. The second kappa shape index (κ2) is 10.3. The van der Waals surface area contributed by atoms with Crippen molar-refractivity contribution in [3.8, 4) is 16.9 Å². The van der Waals surface area contributed by atoms with Crippen LogP contribution in [0.15, 0.2) is 83.5 Å². The molecule has 35 heavy (non-hydrogen) atoms. The zero-order valence-electron chi connectivity index (χ0n) is 18.6. The van der Waals surface area contributed by atoms with Gasteiger partial charge in [0.2, 0.25) is 0 Å². The first-order valence-electron chi connectivity index (χ1n) is 11.1. The third-order valence-corrected chi connectivity index (χ3v) is 6.64. The van der Waals surface area contributed by atoms with Gasteiger partial charge >= 0.3 is 0 Å². The molecule has 0 spiro atoms. The van der Waals surface area contributed by atoms with Gasteiger partial charge in [-0.3, -0.25) is 4.79 Å². The Morgan fingerprint density at radius 2 is 1.63 bits per heavy atom. The van der Waals surface area contributed by atoms with Crippen LogP contribution in [0.4, 0.5) is 0 Å². The molecule has 1 aromatic heterocycles. The van der Waals surface area contributed by atoms with E-state index in [2.05, 4.69) is 10.3 Å². The number of rotatable bonds is 8. The number of fused-ring (bicyclic) bond motifs is 1. The lowest BCUT2D eigenvalue weighted by Gasteiger charge is -2.14. The number of hydrogen-bond acceptors (Lipinski definition) is 5. The van der Waals surface area contributed by atoms with E-state index in [4.69, 9.17) is 32.6 Å². The maximum absolute atomic E-state index is 11.7. The minimum absolute atomic E-state index is 0.260. The maximum atomic E-state index is 11.7. The molecule has 5 nitrogen and oxygen atoms in total. The number of halogens is 2. The lowest BCUT2D eigenvalue weighted by atomic mass is 9.98. The summed E-state index contributed by atoms with van der Waals surface area (Å²) in [5.74, 6) is 0.474. The van der Waals surface area contributed by atoms with Crippen molar-refractivity contribution >= 4 is 40.5 Å². The van der Waals surface area contributed by atoms with Gasteiger partial charge in [0.15, 0.2) is 6.29 Å². The lowest BCUT2D eigenvalue weighted by molar-refractivity contribution is 0.111. The summed E-state index contributed by atoms with van der Waals surface area (Å²) < 4.78 is 10.7. The molecule has 5 rings (SSSR count). The number of benzene rings is 4. The molecule has 0 aliphatic carbocycles. The SMILES string of the molecule is O=Cc1cc(Cl)c(CCc2cccc(-c3ccccc3)c2Cl)cc1OCc1ccc2nonc2c1. The topological polar surface area (TPSA) is 65.2 Å². The summed E-state index contributed by atoms with van der Waals surface area (Å²) in [6.07, 6.45) is 2.08. The predicted molar refractivity (Wildman–Crippen MR) is 137 cm³/mol. The summed E-state index contributed by atoms with van der Waals surface area (Å²) in [5, 5.41) is 8.91. The van der Waals surface area contributed by atoms with Gasteiger partial charge < -0.3 is 4.74 Å². The van der Waals surface area contributed by atoms with E-state index in [9.17, 15) is 4.79 Å². The zero-order chi connectivity index (χ0) is 24.2. The Morgan fingerprint density at radius 1 is 0.829 bits per heavy atom. The molecule has 5 aromatic rings. The third kappa shape index (κ3) is 5.06. The Labute approximate surface area is 212 Å². The minimum Gasteiger partial charge on any atom is -0.488 e. The number of ether oxygens (including phenoxy) is 1. The molecule has 0 atom stereocenters. The number of hydrogen-bond donors (Lipinski definition) is 0. The molecule has 174 valence electrons. The molecule has 0 aliphatic rings. The van der Waals surface area contributed by atoms with Gasteiger partial charge in [0.05, 0.1) is 10.6 Å². The fourth-order valence-electron chi connectivity index (χ4n) is 3.98. The van der Waals surface area contributed by atoms with Crippen LogP contribution in [0.3, 0.4) is 0 Å². The van der Waals surface area contributed by atoms with Gasteiger partial charge in [-0.15, -0.1) is 0 Å². The lowest BCUT2D eigenvalue weighted by Crippen LogP contribution is -2.01. The Kier molecular flexibility index (Phi) is 6.80. The van der Waals surface area contributed by atoms with Crippen molar-refractivity contribution in [2.45, 2.75) is 19.4 Å². The Morgan fingerprint density at radius 3 is 2.46 bits per heavy atom. The van der Waals surface area contributed by atoms with Crippen molar-refractivity contribution in [2.24, 2.45) is 0 Å². The zero-order valence-corrected chi connectivity index (χ0v) is 20.1. The monoisotopic (exact) mass is 502 g/mol.